The topological polar surface area (TPSA) is 17.8 Å². The Labute approximate surface area is 117 Å². The molecule has 1 aromatic carbocycles. The quantitative estimate of drug-likeness (QED) is 0.767. The van der Waals surface area contributed by atoms with Crippen LogP contribution >= 0.6 is 15.9 Å². The van der Waals surface area contributed by atoms with E-state index in [1.807, 2.05) is 12.4 Å². The Balaban J connectivity index is 2.04. The molecule has 0 spiro atoms. The third-order valence-electron chi connectivity index (χ3n) is 3.34. The van der Waals surface area contributed by atoms with E-state index < -0.39 is 0 Å². The first-order valence-electron chi connectivity index (χ1n) is 6.29. The van der Waals surface area contributed by atoms with Gasteiger partial charge in [-0.05, 0) is 24.8 Å². The third kappa shape index (κ3) is 3.22. The lowest BCUT2D eigenvalue weighted by Crippen LogP contribution is -2.05. The fourth-order valence-corrected chi connectivity index (χ4v) is 2.90. The molecule has 3 heteroatoms. The Morgan fingerprint density at radius 1 is 1.39 bits per heavy atom. The van der Waals surface area contributed by atoms with Crippen LogP contribution in [0.2, 0.25) is 0 Å². The number of halogens is 1. The summed E-state index contributed by atoms with van der Waals surface area (Å²) in [6.45, 7) is 2.15. The molecule has 18 heavy (non-hydrogen) atoms. The van der Waals surface area contributed by atoms with Crippen molar-refractivity contribution >= 4 is 15.9 Å². The minimum atomic E-state index is 0.557. The number of aryl methyl sites for hydroxylation is 3. The zero-order valence-electron chi connectivity index (χ0n) is 10.9. The third-order valence-corrected chi connectivity index (χ3v) is 4.12. The van der Waals surface area contributed by atoms with Crippen molar-refractivity contribution in [2.45, 2.75) is 25.7 Å². The minimum absolute atomic E-state index is 0.557. The van der Waals surface area contributed by atoms with Gasteiger partial charge in [0.05, 0.1) is 0 Å². The monoisotopic (exact) mass is 306 g/mol. The van der Waals surface area contributed by atoms with Crippen LogP contribution in [0.4, 0.5) is 0 Å². The maximum atomic E-state index is 4.38. The highest BCUT2D eigenvalue weighted by molar-refractivity contribution is 9.09. The molecule has 0 aliphatic rings. The van der Waals surface area contributed by atoms with Crippen LogP contribution < -0.4 is 0 Å². The van der Waals surface area contributed by atoms with Crippen molar-refractivity contribution in [3.8, 4) is 0 Å². The van der Waals surface area contributed by atoms with Gasteiger partial charge in [-0.25, -0.2) is 4.98 Å². The summed E-state index contributed by atoms with van der Waals surface area (Å²) in [4.78, 5) is 4.38. The summed E-state index contributed by atoms with van der Waals surface area (Å²) in [6.07, 6.45) is 6.02. The van der Waals surface area contributed by atoms with Gasteiger partial charge in [-0.2, -0.15) is 0 Å². The number of benzene rings is 1. The van der Waals surface area contributed by atoms with Gasteiger partial charge in [-0.3, -0.25) is 0 Å². The van der Waals surface area contributed by atoms with E-state index in [2.05, 4.69) is 63.7 Å². The van der Waals surface area contributed by atoms with E-state index in [-0.39, 0.29) is 0 Å². The molecule has 96 valence electrons. The predicted octanol–water partition coefficient (Wildman–Crippen LogP) is 3.84. The second-order valence-corrected chi connectivity index (χ2v) is 5.41. The predicted molar refractivity (Wildman–Crippen MR) is 79.2 cm³/mol. The van der Waals surface area contributed by atoms with Crippen LogP contribution in [-0.4, -0.2) is 14.9 Å². The van der Waals surface area contributed by atoms with E-state index in [1.165, 1.54) is 11.1 Å². The molecule has 0 fully saturated rings. The first-order valence-corrected chi connectivity index (χ1v) is 7.41. The van der Waals surface area contributed by atoms with Gasteiger partial charge in [0.1, 0.15) is 5.82 Å². The van der Waals surface area contributed by atoms with E-state index in [0.717, 1.165) is 24.0 Å². The molecule has 2 aromatic rings. The average Bonchev–Trinajstić information content (AvgIpc) is 2.76. The normalized spacial score (nSPS) is 12.6. The zero-order valence-corrected chi connectivity index (χ0v) is 12.5. The molecule has 0 aliphatic heterocycles. The molecule has 2 rings (SSSR count). The fraction of sp³-hybridized carbons (Fsp3) is 0.400. The molecule has 0 N–H and O–H groups in total. The molecule has 1 atom stereocenters. The summed E-state index contributed by atoms with van der Waals surface area (Å²) < 4.78 is 2.10. The van der Waals surface area contributed by atoms with Crippen LogP contribution in [0.1, 0.15) is 29.3 Å². The summed E-state index contributed by atoms with van der Waals surface area (Å²) in [6, 6.07) is 8.79. The molecule has 2 nitrogen and oxygen atoms in total. The van der Waals surface area contributed by atoms with Crippen LogP contribution in [0, 0.1) is 6.92 Å². The molecule has 1 unspecified atom stereocenters. The lowest BCUT2D eigenvalue weighted by molar-refractivity contribution is 0.650. The Morgan fingerprint density at radius 2 is 2.22 bits per heavy atom. The lowest BCUT2D eigenvalue weighted by atomic mass is 9.95. The van der Waals surface area contributed by atoms with Crippen LogP contribution in [0.15, 0.2) is 36.7 Å². The summed E-state index contributed by atoms with van der Waals surface area (Å²) in [5.74, 6) is 1.72. The van der Waals surface area contributed by atoms with E-state index in [4.69, 9.17) is 0 Å². The van der Waals surface area contributed by atoms with Gasteiger partial charge in [-0.1, -0.05) is 45.8 Å². The largest absolute Gasteiger partial charge is 0.338 e. The summed E-state index contributed by atoms with van der Waals surface area (Å²) >= 11 is 3.63. The number of hydrogen-bond acceptors (Lipinski definition) is 1. The molecule has 1 aromatic heterocycles. The Morgan fingerprint density at radius 3 is 2.83 bits per heavy atom. The van der Waals surface area contributed by atoms with Gasteiger partial charge >= 0.3 is 0 Å². The number of hydrogen-bond donors (Lipinski definition) is 0. The van der Waals surface area contributed by atoms with Crippen molar-refractivity contribution in [1.29, 1.82) is 0 Å². The van der Waals surface area contributed by atoms with Gasteiger partial charge < -0.3 is 4.57 Å². The molecule has 0 amide bonds. The SMILES string of the molecule is Cc1cccc(C(CBr)CCc2nccn2C)c1. The average molecular weight is 307 g/mol. The number of rotatable bonds is 5. The van der Waals surface area contributed by atoms with Gasteiger partial charge in [-0.15, -0.1) is 0 Å². The van der Waals surface area contributed by atoms with Gasteiger partial charge in [0, 0.05) is 31.2 Å². The van der Waals surface area contributed by atoms with E-state index in [1.54, 1.807) is 0 Å². The maximum Gasteiger partial charge on any atom is 0.108 e. The van der Waals surface area contributed by atoms with Crippen LogP contribution in [-0.2, 0) is 13.5 Å². The van der Waals surface area contributed by atoms with Crippen molar-refractivity contribution < 1.29 is 0 Å². The number of alkyl halides is 1. The van der Waals surface area contributed by atoms with Crippen molar-refractivity contribution in [3.63, 3.8) is 0 Å². The standard InChI is InChI=1S/C15H19BrN2/c1-12-4-3-5-13(10-12)14(11-16)6-7-15-17-8-9-18(15)2/h3-5,8-10,14H,6-7,11H2,1-2H3. The summed E-state index contributed by atoms with van der Waals surface area (Å²) in [5, 5.41) is 1.00. The van der Waals surface area contributed by atoms with Crippen molar-refractivity contribution in [3.05, 3.63) is 53.6 Å². The van der Waals surface area contributed by atoms with Gasteiger partial charge in [0.25, 0.3) is 0 Å². The van der Waals surface area contributed by atoms with Crippen molar-refractivity contribution in [2.24, 2.45) is 7.05 Å². The van der Waals surface area contributed by atoms with E-state index >= 15 is 0 Å². The Hall–Kier alpha value is -1.09. The molecular weight excluding hydrogens is 288 g/mol. The van der Waals surface area contributed by atoms with Crippen molar-refractivity contribution in [1.82, 2.24) is 9.55 Å². The Kier molecular flexibility index (Phi) is 4.59. The lowest BCUT2D eigenvalue weighted by Gasteiger charge is -2.15. The molecule has 0 saturated carbocycles. The second-order valence-electron chi connectivity index (χ2n) is 4.76. The molecule has 0 radical (unpaired) electrons. The number of nitrogens with zero attached hydrogens (tertiary/aromatic N) is 2. The van der Waals surface area contributed by atoms with Crippen molar-refractivity contribution in [2.75, 3.05) is 5.33 Å². The van der Waals surface area contributed by atoms with Gasteiger partial charge in [0.2, 0.25) is 0 Å². The first-order chi connectivity index (χ1) is 8.70. The molecular formula is C15H19BrN2. The molecule has 0 bridgehead atoms. The summed E-state index contributed by atoms with van der Waals surface area (Å²) in [5.41, 5.74) is 2.75. The molecule has 1 heterocycles. The maximum absolute atomic E-state index is 4.38. The van der Waals surface area contributed by atoms with Crippen LogP contribution in [0.5, 0.6) is 0 Å². The highest BCUT2D eigenvalue weighted by Gasteiger charge is 2.11. The summed E-state index contributed by atoms with van der Waals surface area (Å²) in [7, 11) is 2.05. The second kappa shape index (κ2) is 6.19. The zero-order chi connectivity index (χ0) is 13.0. The molecule has 0 saturated heterocycles. The van der Waals surface area contributed by atoms with Gasteiger partial charge in [0.15, 0.2) is 0 Å². The molecule has 0 aliphatic carbocycles. The first kappa shape index (κ1) is 13.3. The highest BCUT2D eigenvalue weighted by atomic mass is 79.9. The van der Waals surface area contributed by atoms with Crippen LogP contribution in [0.3, 0.4) is 0 Å². The van der Waals surface area contributed by atoms with Crippen LogP contribution in [0.25, 0.3) is 0 Å². The van der Waals surface area contributed by atoms with E-state index in [9.17, 15) is 0 Å². The Bertz CT molecular complexity index is 505. The minimum Gasteiger partial charge on any atom is -0.338 e. The number of imidazole rings is 1. The van der Waals surface area contributed by atoms with E-state index in [0.29, 0.717) is 5.92 Å². The highest BCUT2D eigenvalue weighted by Crippen LogP contribution is 2.24. The smallest absolute Gasteiger partial charge is 0.108 e. The number of aromatic nitrogens is 2. The fourth-order valence-electron chi connectivity index (χ4n) is 2.20.